The molecule has 0 spiro atoms. The Balaban J connectivity index is 2.75. The Morgan fingerprint density at radius 1 is 1.11 bits per heavy atom. The quantitative estimate of drug-likeness (QED) is 0.590. The zero-order valence-corrected chi connectivity index (χ0v) is 13.2. The van der Waals surface area contributed by atoms with Crippen LogP contribution in [-0.4, -0.2) is 22.9 Å². The van der Waals surface area contributed by atoms with E-state index in [-0.39, 0.29) is 18.0 Å². The summed E-state index contributed by atoms with van der Waals surface area (Å²) in [7, 11) is 0. The Hall–Kier alpha value is -1.22. The third-order valence-corrected chi connectivity index (χ3v) is 3.82. The summed E-state index contributed by atoms with van der Waals surface area (Å²) in [5, 5.41) is 1.94. The fraction of sp³-hybridized carbons (Fsp3) is 0.438. The summed E-state index contributed by atoms with van der Waals surface area (Å²) in [5.74, 6) is 0.119. The Morgan fingerprint density at radius 3 is 2.11 bits per heavy atom. The van der Waals surface area contributed by atoms with Crippen LogP contribution in [0.25, 0.3) is 0 Å². The average Bonchev–Trinajstić information content (AvgIpc) is 2.36. The molecule has 19 heavy (non-hydrogen) atoms. The molecule has 0 aromatic heterocycles. The molecule has 2 nitrogen and oxygen atoms in total. The summed E-state index contributed by atoms with van der Waals surface area (Å²) in [6.45, 7) is 10.1. The van der Waals surface area contributed by atoms with Gasteiger partial charge in [0.25, 0.3) is 0 Å². The highest BCUT2D eigenvalue weighted by Gasteiger charge is 2.20. The Morgan fingerprint density at radius 2 is 1.63 bits per heavy atom. The number of amides is 1. The first-order chi connectivity index (χ1) is 8.93. The third-order valence-electron chi connectivity index (χ3n) is 2.80. The summed E-state index contributed by atoms with van der Waals surface area (Å²) in [6, 6.07) is 10.5. The summed E-state index contributed by atoms with van der Waals surface area (Å²) >= 11 is 1.59. The first kappa shape index (κ1) is 15.8. The summed E-state index contributed by atoms with van der Waals surface area (Å²) in [5.41, 5.74) is 0.788. The third kappa shape index (κ3) is 4.75. The van der Waals surface area contributed by atoms with E-state index in [1.54, 1.807) is 11.8 Å². The molecule has 0 radical (unpaired) electrons. The van der Waals surface area contributed by atoms with Crippen molar-refractivity contribution >= 4 is 17.7 Å². The number of thioether (sulfide) groups is 1. The lowest BCUT2D eigenvalue weighted by molar-refractivity contribution is -0.130. The predicted molar refractivity (Wildman–Crippen MR) is 83.2 cm³/mol. The van der Waals surface area contributed by atoms with Gasteiger partial charge in [-0.15, -0.1) is 0 Å². The molecule has 0 N–H and O–H groups in total. The molecule has 0 atom stereocenters. The second-order valence-corrected chi connectivity index (χ2v) is 6.07. The Kier molecular flexibility index (Phi) is 6.16. The van der Waals surface area contributed by atoms with E-state index in [0.29, 0.717) is 0 Å². The minimum absolute atomic E-state index is 0.119. The van der Waals surface area contributed by atoms with Crippen LogP contribution in [0.2, 0.25) is 0 Å². The van der Waals surface area contributed by atoms with Gasteiger partial charge >= 0.3 is 0 Å². The predicted octanol–water partition coefficient (Wildman–Crippen LogP) is 4.33. The van der Waals surface area contributed by atoms with Crippen molar-refractivity contribution in [2.45, 2.75) is 51.6 Å². The van der Waals surface area contributed by atoms with Crippen molar-refractivity contribution in [1.29, 1.82) is 0 Å². The van der Waals surface area contributed by atoms with Crippen molar-refractivity contribution in [2.24, 2.45) is 0 Å². The number of carbonyl (C=O) groups is 1. The standard InChI is InChI=1S/C16H23NOS/c1-12(2)17(13(3)4)16(18)14(5)11-19-15-9-7-6-8-10-15/h6-13H,1-5H3/b14-11+. The van der Waals surface area contributed by atoms with Crippen LogP contribution in [0.15, 0.2) is 46.2 Å². The molecule has 0 saturated carbocycles. The largest absolute Gasteiger partial charge is 0.334 e. The lowest BCUT2D eigenvalue weighted by Crippen LogP contribution is -2.42. The molecule has 0 bridgehead atoms. The first-order valence-corrected chi connectivity index (χ1v) is 7.52. The zero-order chi connectivity index (χ0) is 14.4. The van der Waals surface area contributed by atoms with Crippen molar-refractivity contribution in [3.05, 3.63) is 41.3 Å². The molecule has 1 aromatic rings. The molecule has 0 saturated heterocycles. The van der Waals surface area contributed by atoms with Gasteiger partial charge in [-0.2, -0.15) is 0 Å². The van der Waals surface area contributed by atoms with Gasteiger partial charge in [-0.1, -0.05) is 30.0 Å². The highest BCUT2D eigenvalue weighted by molar-refractivity contribution is 8.02. The van der Waals surface area contributed by atoms with E-state index >= 15 is 0 Å². The van der Waals surface area contributed by atoms with Gasteiger partial charge in [0.15, 0.2) is 0 Å². The van der Waals surface area contributed by atoms with Gasteiger partial charge < -0.3 is 4.90 Å². The lowest BCUT2D eigenvalue weighted by Gasteiger charge is -2.31. The number of benzene rings is 1. The molecule has 0 fully saturated rings. The van der Waals surface area contributed by atoms with Gasteiger partial charge in [-0.3, -0.25) is 4.79 Å². The normalized spacial score (nSPS) is 12.1. The molecule has 0 aliphatic carbocycles. The Labute approximate surface area is 120 Å². The molecule has 3 heteroatoms. The fourth-order valence-electron chi connectivity index (χ4n) is 1.97. The van der Waals surface area contributed by atoms with Crippen LogP contribution in [-0.2, 0) is 4.79 Å². The molecule has 1 amide bonds. The van der Waals surface area contributed by atoms with Crippen molar-refractivity contribution in [3.63, 3.8) is 0 Å². The highest BCUT2D eigenvalue weighted by atomic mass is 32.2. The monoisotopic (exact) mass is 277 g/mol. The van der Waals surface area contributed by atoms with Gasteiger partial charge in [-0.05, 0) is 52.2 Å². The van der Waals surface area contributed by atoms with E-state index in [9.17, 15) is 4.79 Å². The SMILES string of the molecule is C/C(=C\Sc1ccccc1)C(=O)N(C(C)C)C(C)C. The second-order valence-electron chi connectivity index (χ2n) is 5.13. The second kappa shape index (κ2) is 7.39. The van der Waals surface area contributed by atoms with E-state index in [4.69, 9.17) is 0 Å². The molecule has 1 aromatic carbocycles. The molecular weight excluding hydrogens is 254 g/mol. The van der Waals surface area contributed by atoms with Gasteiger partial charge in [0.05, 0.1) is 0 Å². The number of hydrogen-bond donors (Lipinski definition) is 0. The van der Waals surface area contributed by atoms with Crippen LogP contribution in [0.1, 0.15) is 34.6 Å². The van der Waals surface area contributed by atoms with Crippen LogP contribution < -0.4 is 0 Å². The van der Waals surface area contributed by atoms with Gasteiger partial charge in [0.1, 0.15) is 0 Å². The van der Waals surface area contributed by atoms with Crippen LogP contribution in [0.4, 0.5) is 0 Å². The van der Waals surface area contributed by atoms with Crippen molar-refractivity contribution in [3.8, 4) is 0 Å². The fourth-order valence-corrected chi connectivity index (χ4v) is 2.70. The van der Waals surface area contributed by atoms with Gasteiger partial charge in [-0.25, -0.2) is 0 Å². The van der Waals surface area contributed by atoms with E-state index in [1.165, 1.54) is 0 Å². The number of hydrogen-bond acceptors (Lipinski definition) is 2. The molecular formula is C16H23NOS. The van der Waals surface area contributed by atoms with E-state index in [2.05, 4.69) is 27.7 Å². The van der Waals surface area contributed by atoms with Crippen LogP contribution in [0.3, 0.4) is 0 Å². The van der Waals surface area contributed by atoms with Crippen molar-refractivity contribution < 1.29 is 4.79 Å². The van der Waals surface area contributed by atoms with E-state index in [1.807, 2.05) is 47.6 Å². The zero-order valence-electron chi connectivity index (χ0n) is 12.4. The molecule has 1 rings (SSSR count). The summed E-state index contributed by atoms with van der Waals surface area (Å²) in [4.78, 5) is 15.5. The first-order valence-electron chi connectivity index (χ1n) is 6.64. The van der Waals surface area contributed by atoms with E-state index in [0.717, 1.165) is 10.5 Å². The van der Waals surface area contributed by atoms with Crippen LogP contribution in [0.5, 0.6) is 0 Å². The average molecular weight is 277 g/mol. The maximum Gasteiger partial charge on any atom is 0.250 e. The minimum Gasteiger partial charge on any atom is -0.334 e. The maximum atomic E-state index is 12.4. The lowest BCUT2D eigenvalue weighted by atomic mass is 10.2. The van der Waals surface area contributed by atoms with Crippen molar-refractivity contribution in [2.75, 3.05) is 0 Å². The molecule has 104 valence electrons. The summed E-state index contributed by atoms with van der Waals surface area (Å²) < 4.78 is 0. The number of rotatable bonds is 5. The van der Waals surface area contributed by atoms with Crippen molar-refractivity contribution in [1.82, 2.24) is 4.90 Å². The topological polar surface area (TPSA) is 20.3 Å². The van der Waals surface area contributed by atoms with Gasteiger partial charge in [0.2, 0.25) is 5.91 Å². The Bertz CT molecular complexity index is 429. The smallest absolute Gasteiger partial charge is 0.250 e. The van der Waals surface area contributed by atoms with Crippen LogP contribution >= 0.6 is 11.8 Å². The number of nitrogens with zero attached hydrogens (tertiary/aromatic N) is 1. The minimum atomic E-state index is 0.119. The molecule has 0 unspecified atom stereocenters. The molecule has 0 aliphatic heterocycles. The summed E-state index contributed by atoms with van der Waals surface area (Å²) in [6.07, 6.45) is 0. The molecule has 0 heterocycles. The highest BCUT2D eigenvalue weighted by Crippen LogP contribution is 2.21. The van der Waals surface area contributed by atoms with Gasteiger partial charge in [0, 0.05) is 22.6 Å². The van der Waals surface area contributed by atoms with Crippen LogP contribution in [0, 0.1) is 0 Å². The maximum absolute atomic E-state index is 12.4. The number of carbonyl (C=O) groups excluding carboxylic acids is 1. The molecule has 0 aliphatic rings. The van der Waals surface area contributed by atoms with E-state index < -0.39 is 0 Å².